The first-order valence-corrected chi connectivity index (χ1v) is 7.27. The van der Waals surface area contributed by atoms with Gasteiger partial charge in [0.1, 0.15) is 12.2 Å². The van der Waals surface area contributed by atoms with Crippen molar-refractivity contribution in [1.29, 1.82) is 0 Å². The monoisotopic (exact) mass is 316 g/mol. The minimum Gasteiger partial charge on any atom is -0.480 e. The smallest absolute Gasteiger partial charge is 0.325 e. The van der Waals surface area contributed by atoms with Crippen LogP contribution in [0.5, 0.6) is 0 Å². The van der Waals surface area contributed by atoms with E-state index in [0.29, 0.717) is 5.13 Å². The number of nitrogens with one attached hydrogen (secondary N) is 1. The van der Waals surface area contributed by atoms with Crippen LogP contribution >= 0.6 is 11.3 Å². The predicted octanol–water partition coefficient (Wildman–Crippen LogP) is 2.14. The van der Waals surface area contributed by atoms with Gasteiger partial charge in [-0.2, -0.15) is 5.10 Å². The molecule has 7 nitrogen and oxygen atoms in total. The van der Waals surface area contributed by atoms with Gasteiger partial charge in [-0.3, -0.25) is 14.9 Å². The van der Waals surface area contributed by atoms with Crippen LogP contribution in [0.1, 0.15) is 16.1 Å². The lowest BCUT2D eigenvalue weighted by atomic mass is 10.2. The lowest BCUT2D eigenvalue weighted by molar-refractivity contribution is -0.137. The Balaban J connectivity index is 1.84. The van der Waals surface area contributed by atoms with E-state index in [-0.39, 0.29) is 12.2 Å². The van der Waals surface area contributed by atoms with Gasteiger partial charge in [-0.05, 0) is 30.7 Å². The number of carboxylic acids is 1. The molecule has 0 bridgehead atoms. The fourth-order valence-electron chi connectivity index (χ4n) is 2.03. The Labute approximate surface area is 129 Å². The number of carbonyl (C=O) groups is 2. The zero-order valence-corrected chi connectivity index (χ0v) is 12.4. The lowest BCUT2D eigenvalue weighted by Crippen LogP contribution is -2.20. The summed E-state index contributed by atoms with van der Waals surface area (Å²) in [5.41, 5.74) is 2.11. The van der Waals surface area contributed by atoms with Crippen LogP contribution in [0.2, 0.25) is 0 Å². The number of benzene rings is 1. The molecule has 0 aliphatic carbocycles. The summed E-state index contributed by atoms with van der Waals surface area (Å²) in [7, 11) is 0. The maximum absolute atomic E-state index is 12.2. The zero-order valence-electron chi connectivity index (χ0n) is 11.6. The molecular weight excluding hydrogens is 304 g/mol. The van der Waals surface area contributed by atoms with Crippen LogP contribution in [0.4, 0.5) is 5.13 Å². The first-order chi connectivity index (χ1) is 10.5. The molecule has 0 radical (unpaired) electrons. The van der Waals surface area contributed by atoms with Crippen molar-refractivity contribution in [3.05, 3.63) is 41.7 Å². The topological polar surface area (TPSA) is 97.1 Å². The first kappa shape index (κ1) is 14.2. The van der Waals surface area contributed by atoms with Crippen molar-refractivity contribution >= 4 is 38.6 Å². The van der Waals surface area contributed by atoms with Crippen LogP contribution in [0.25, 0.3) is 10.2 Å². The van der Waals surface area contributed by atoms with E-state index in [0.717, 1.165) is 20.5 Å². The normalized spacial score (nSPS) is 10.8. The number of aromatic nitrogens is 3. The Morgan fingerprint density at radius 3 is 2.95 bits per heavy atom. The molecule has 0 fully saturated rings. The van der Waals surface area contributed by atoms with Crippen LogP contribution in [0.3, 0.4) is 0 Å². The lowest BCUT2D eigenvalue weighted by Gasteiger charge is -2.04. The molecule has 22 heavy (non-hydrogen) atoms. The Morgan fingerprint density at radius 1 is 1.36 bits per heavy atom. The molecule has 2 N–H and O–H groups in total. The van der Waals surface area contributed by atoms with Gasteiger partial charge in [0.2, 0.25) is 0 Å². The van der Waals surface area contributed by atoms with Gasteiger partial charge in [-0.15, -0.1) is 0 Å². The van der Waals surface area contributed by atoms with Crippen molar-refractivity contribution < 1.29 is 14.7 Å². The van der Waals surface area contributed by atoms with Gasteiger partial charge >= 0.3 is 5.97 Å². The van der Waals surface area contributed by atoms with Gasteiger partial charge in [-0.25, -0.2) is 9.67 Å². The largest absolute Gasteiger partial charge is 0.480 e. The number of carboxylic acid groups (broad SMARTS) is 1. The highest BCUT2D eigenvalue weighted by Crippen LogP contribution is 2.26. The standard InChI is InChI=1S/C14H12N4O3S/c1-8-2-3-9-11(6-8)22-14(16-9)17-13(21)10-4-5-15-18(10)7-12(19)20/h2-6H,7H2,1H3,(H,19,20)(H,16,17,21). The molecule has 112 valence electrons. The second-order valence-electron chi connectivity index (χ2n) is 4.71. The summed E-state index contributed by atoms with van der Waals surface area (Å²) in [4.78, 5) is 27.3. The molecule has 0 atom stereocenters. The summed E-state index contributed by atoms with van der Waals surface area (Å²) >= 11 is 1.37. The molecule has 0 aliphatic heterocycles. The highest BCUT2D eigenvalue weighted by molar-refractivity contribution is 7.22. The SMILES string of the molecule is Cc1ccc2nc(NC(=O)c3ccnn3CC(=O)O)sc2c1. The van der Waals surface area contributed by atoms with Crippen LogP contribution in [0.15, 0.2) is 30.5 Å². The van der Waals surface area contributed by atoms with Crippen LogP contribution < -0.4 is 5.32 Å². The quantitative estimate of drug-likeness (QED) is 0.768. The highest BCUT2D eigenvalue weighted by Gasteiger charge is 2.16. The predicted molar refractivity (Wildman–Crippen MR) is 82.2 cm³/mol. The minimum atomic E-state index is -1.06. The van der Waals surface area contributed by atoms with Crippen molar-refractivity contribution in [1.82, 2.24) is 14.8 Å². The van der Waals surface area contributed by atoms with Gasteiger partial charge in [0, 0.05) is 6.20 Å². The van der Waals surface area contributed by atoms with Crippen molar-refractivity contribution in [3.63, 3.8) is 0 Å². The van der Waals surface area contributed by atoms with Crippen molar-refractivity contribution in [3.8, 4) is 0 Å². The van der Waals surface area contributed by atoms with Gasteiger partial charge in [0.05, 0.1) is 10.2 Å². The number of aliphatic carboxylic acids is 1. The Hall–Kier alpha value is -2.74. The van der Waals surface area contributed by atoms with E-state index >= 15 is 0 Å². The second kappa shape index (κ2) is 5.57. The van der Waals surface area contributed by atoms with Crippen LogP contribution in [-0.4, -0.2) is 31.7 Å². The number of thiazole rings is 1. The Morgan fingerprint density at radius 2 is 2.18 bits per heavy atom. The first-order valence-electron chi connectivity index (χ1n) is 6.45. The van der Waals surface area contributed by atoms with Gasteiger partial charge in [-0.1, -0.05) is 17.4 Å². The average Bonchev–Trinajstić information content (AvgIpc) is 3.03. The van der Waals surface area contributed by atoms with Gasteiger partial charge in [0.25, 0.3) is 5.91 Å². The van der Waals surface area contributed by atoms with E-state index in [9.17, 15) is 9.59 Å². The molecule has 3 rings (SSSR count). The molecule has 2 aromatic heterocycles. The second-order valence-corrected chi connectivity index (χ2v) is 5.74. The number of amides is 1. The molecule has 0 saturated carbocycles. The number of rotatable bonds is 4. The Bertz CT molecular complexity index is 868. The fourth-order valence-corrected chi connectivity index (χ4v) is 2.99. The molecule has 0 saturated heterocycles. The van der Waals surface area contributed by atoms with E-state index in [2.05, 4.69) is 15.4 Å². The average molecular weight is 316 g/mol. The van der Waals surface area contributed by atoms with E-state index in [1.807, 2.05) is 25.1 Å². The molecule has 0 spiro atoms. The summed E-state index contributed by atoms with van der Waals surface area (Å²) in [5.74, 6) is -1.50. The molecule has 1 aromatic carbocycles. The number of hydrogen-bond acceptors (Lipinski definition) is 5. The molecule has 0 aliphatic rings. The molecule has 3 aromatic rings. The molecule has 8 heteroatoms. The number of nitrogens with zero attached hydrogens (tertiary/aromatic N) is 3. The van der Waals surface area contributed by atoms with Crippen molar-refractivity contribution in [2.45, 2.75) is 13.5 Å². The third-order valence-electron chi connectivity index (χ3n) is 3.00. The number of fused-ring (bicyclic) bond motifs is 1. The number of hydrogen-bond donors (Lipinski definition) is 2. The van der Waals surface area contributed by atoms with E-state index < -0.39 is 11.9 Å². The number of aryl methyl sites for hydroxylation is 1. The molecular formula is C14H12N4O3S. The maximum Gasteiger partial charge on any atom is 0.325 e. The summed E-state index contributed by atoms with van der Waals surface area (Å²) in [6.07, 6.45) is 1.39. The minimum absolute atomic E-state index is 0.179. The fraction of sp³-hybridized carbons (Fsp3) is 0.143. The third kappa shape index (κ3) is 2.82. The summed E-state index contributed by atoms with van der Waals surface area (Å²) < 4.78 is 2.11. The van der Waals surface area contributed by atoms with Crippen molar-refractivity contribution in [2.75, 3.05) is 5.32 Å². The van der Waals surface area contributed by atoms with Crippen LogP contribution in [0, 0.1) is 6.92 Å². The third-order valence-corrected chi connectivity index (χ3v) is 3.93. The van der Waals surface area contributed by atoms with E-state index in [1.165, 1.54) is 23.6 Å². The maximum atomic E-state index is 12.2. The highest BCUT2D eigenvalue weighted by atomic mass is 32.1. The molecule has 1 amide bonds. The van der Waals surface area contributed by atoms with Gasteiger partial charge in [0.15, 0.2) is 5.13 Å². The number of anilines is 1. The molecule has 2 heterocycles. The zero-order chi connectivity index (χ0) is 15.7. The Kier molecular flexibility index (Phi) is 3.60. The summed E-state index contributed by atoms with van der Waals surface area (Å²) in [5, 5.41) is 15.8. The van der Waals surface area contributed by atoms with Gasteiger partial charge < -0.3 is 5.11 Å². The summed E-state index contributed by atoms with van der Waals surface area (Å²) in [6, 6.07) is 7.31. The van der Waals surface area contributed by atoms with E-state index in [1.54, 1.807) is 0 Å². The van der Waals surface area contributed by atoms with Crippen molar-refractivity contribution in [2.24, 2.45) is 0 Å². The number of carbonyl (C=O) groups excluding carboxylic acids is 1. The van der Waals surface area contributed by atoms with Crippen LogP contribution in [-0.2, 0) is 11.3 Å². The van der Waals surface area contributed by atoms with E-state index in [4.69, 9.17) is 5.11 Å². The molecule has 0 unspecified atom stereocenters. The summed E-state index contributed by atoms with van der Waals surface area (Å²) in [6.45, 7) is 1.62.